The van der Waals surface area contributed by atoms with E-state index in [0.29, 0.717) is 56.3 Å². The first-order valence-electron chi connectivity index (χ1n) is 16.0. The highest BCUT2D eigenvalue weighted by Crippen LogP contribution is 2.37. The number of esters is 1. The molecule has 4 rings (SSSR count). The molecule has 0 radical (unpaired) electrons. The van der Waals surface area contributed by atoms with E-state index in [2.05, 4.69) is 16.6 Å². The molecule has 274 valence electrons. The van der Waals surface area contributed by atoms with Crippen molar-refractivity contribution in [3.63, 3.8) is 0 Å². The maximum Gasteiger partial charge on any atom is 0.342 e. The molecule has 0 saturated carbocycles. The lowest BCUT2D eigenvalue weighted by Gasteiger charge is -2.32. The van der Waals surface area contributed by atoms with Gasteiger partial charge in [0.2, 0.25) is 5.91 Å². The number of nitrogens with two attached hydrogens (primary N) is 1. The Hall–Kier alpha value is -4.92. The third-order valence-electron chi connectivity index (χ3n) is 7.18. The first kappa shape index (κ1) is 41.5. The molecule has 0 aliphatic rings. The molecule has 0 bridgehead atoms. The Balaban J connectivity index is 0.000000288. The number of halogens is 3. The van der Waals surface area contributed by atoms with Crippen LogP contribution in [-0.4, -0.2) is 43.8 Å². The van der Waals surface area contributed by atoms with Crippen molar-refractivity contribution in [3.05, 3.63) is 111 Å². The molecule has 2 amide bonds. The first-order chi connectivity index (χ1) is 24.6. The van der Waals surface area contributed by atoms with Crippen LogP contribution in [0.3, 0.4) is 0 Å². The molecule has 0 spiro atoms. The summed E-state index contributed by atoms with van der Waals surface area (Å²) in [6, 6.07) is 21.0. The molecular weight excluding hydrogens is 727 g/mol. The average Bonchev–Trinajstić information content (AvgIpc) is 3.10. The number of para-hydroxylation sites is 1. The number of nitrogen functional groups attached to an aromatic ring is 1. The van der Waals surface area contributed by atoms with Crippen molar-refractivity contribution < 1.29 is 28.6 Å². The number of ether oxygens (including phenoxy) is 3. The van der Waals surface area contributed by atoms with Gasteiger partial charge in [-0.3, -0.25) is 14.5 Å². The van der Waals surface area contributed by atoms with Crippen LogP contribution in [0, 0.1) is 19.3 Å². The number of nitrogens with one attached hydrogen (secondary N) is 2. The minimum Gasteiger partial charge on any atom is -0.495 e. The lowest BCUT2D eigenvalue weighted by Crippen LogP contribution is -2.49. The number of carbonyl (C=O) groups excluding carboxylic acids is 3. The fourth-order valence-corrected chi connectivity index (χ4v) is 5.44. The van der Waals surface area contributed by atoms with E-state index >= 15 is 0 Å². The van der Waals surface area contributed by atoms with Gasteiger partial charge >= 0.3 is 11.9 Å². The second kappa shape index (κ2) is 19.1. The number of nitrogens with zero attached hydrogens (tertiary/aromatic N) is 1. The summed E-state index contributed by atoms with van der Waals surface area (Å²) in [7, 11) is 1.49. The van der Waals surface area contributed by atoms with Gasteiger partial charge in [0.05, 0.1) is 39.1 Å². The Bertz CT molecular complexity index is 1920. The maximum absolute atomic E-state index is 13.2. The van der Waals surface area contributed by atoms with Crippen molar-refractivity contribution in [1.29, 1.82) is 0 Å². The quantitative estimate of drug-likeness (QED) is 0.0454. The largest absolute Gasteiger partial charge is 0.495 e. The molecule has 1 atom stereocenters. The predicted octanol–water partition coefficient (Wildman–Crippen LogP) is 8.75. The molecular formula is C39H41Cl3N4O6. The normalized spacial score (nSPS) is 11.2. The van der Waals surface area contributed by atoms with Gasteiger partial charge in [-0.15, -0.1) is 6.42 Å². The fourth-order valence-electron chi connectivity index (χ4n) is 4.72. The van der Waals surface area contributed by atoms with Crippen LogP contribution >= 0.6 is 34.8 Å². The highest BCUT2D eigenvalue weighted by Gasteiger charge is 2.34. The van der Waals surface area contributed by atoms with Crippen LogP contribution in [0.5, 0.6) is 5.75 Å². The third kappa shape index (κ3) is 11.3. The van der Waals surface area contributed by atoms with Crippen LogP contribution in [0.2, 0.25) is 15.1 Å². The van der Waals surface area contributed by atoms with Crippen molar-refractivity contribution in [2.45, 2.75) is 46.2 Å². The van der Waals surface area contributed by atoms with E-state index in [4.69, 9.17) is 61.2 Å². The number of methoxy groups -OCH3 is 1. The molecule has 0 aliphatic heterocycles. The molecule has 0 saturated heterocycles. The summed E-state index contributed by atoms with van der Waals surface area (Å²) in [6.45, 7) is 9.64. The topological polar surface area (TPSA) is 132 Å². The number of rotatable bonds is 11. The number of amides is 2. The second-order valence-electron chi connectivity index (χ2n) is 12.2. The van der Waals surface area contributed by atoms with Gasteiger partial charge in [0, 0.05) is 23.5 Å². The Morgan fingerprint density at radius 3 is 2.23 bits per heavy atom. The fraction of sp³-hybridized carbons (Fsp3) is 0.256. The molecule has 52 heavy (non-hydrogen) atoms. The molecule has 4 aromatic rings. The maximum atomic E-state index is 13.2. The zero-order valence-corrected chi connectivity index (χ0v) is 32.0. The van der Waals surface area contributed by atoms with E-state index in [-0.39, 0.29) is 11.8 Å². The van der Waals surface area contributed by atoms with E-state index in [1.165, 1.54) is 18.1 Å². The predicted molar refractivity (Wildman–Crippen MR) is 209 cm³/mol. The van der Waals surface area contributed by atoms with Gasteiger partial charge in [0.15, 0.2) is 6.79 Å². The van der Waals surface area contributed by atoms with Gasteiger partial charge in [-0.1, -0.05) is 65.1 Å². The van der Waals surface area contributed by atoms with Crippen LogP contribution < -0.4 is 26.0 Å². The number of hydrogen-bond acceptors (Lipinski definition) is 8. The standard InChI is InChI=1S/C22H24ClN3O3.C17H17Cl2NO3/c1-6-19(27)26(16-11-12-18(29-5)17(23)13-16)20(21(28)25-22(2,3)4)14-7-9-15(24)10-8-14;1-3-22-10-23-17(21)12-6-4-5-7-14(12)20-16-13(18)9-8-11(2)15(16)19/h1,7-13,20H,24H2,2-5H3,(H,25,28);4-9,20H,3,10H2,1-2H3. The number of anilines is 4. The molecule has 10 nitrogen and oxygen atoms in total. The molecule has 1 unspecified atom stereocenters. The van der Waals surface area contributed by atoms with Crippen LogP contribution in [0.15, 0.2) is 78.9 Å². The highest BCUT2D eigenvalue weighted by molar-refractivity contribution is 6.39. The lowest BCUT2D eigenvalue weighted by molar-refractivity contribution is -0.126. The average molecular weight is 768 g/mol. The van der Waals surface area contributed by atoms with Gasteiger partial charge in [0.1, 0.15) is 11.8 Å². The minimum atomic E-state index is -1.03. The van der Waals surface area contributed by atoms with Crippen LogP contribution in [0.4, 0.5) is 22.7 Å². The van der Waals surface area contributed by atoms with E-state index < -0.39 is 29.4 Å². The zero-order valence-electron chi connectivity index (χ0n) is 29.7. The summed E-state index contributed by atoms with van der Waals surface area (Å²) in [5.41, 5.74) is 9.09. The lowest BCUT2D eigenvalue weighted by atomic mass is 10.0. The highest BCUT2D eigenvalue weighted by atomic mass is 35.5. The van der Waals surface area contributed by atoms with Crippen molar-refractivity contribution in [3.8, 4) is 18.1 Å². The number of benzene rings is 4. The Labute approximate surface area is 319 Å². The minimum absolute atomic E-state index is 0.0877. The summed E-state index contributed by atoms with van der Waals surface area (Å²) < 4.78 is 15.3. The SMILES string of the molecule is C#CC(=O)N(c1ccc(OC)c(Cl)c1)C(C(=O)NC(C)(C)C)c1ccc(N)cc1.CCOCOC(=O)c1ccccc1Nc1c(Cl)ccc(C)c1Cl. The number of terminal acetylenes is 1. The van der Waals surface area contributed by atoms with Crippen LogP contribution in [-0.2, 0) is 19.1 Å². The summed E-state index contributed by atoms with van der Waals surface area (Å²) in [4.78, 5) is 39.4. The summed E-state index contributed by atoms with van der Waals surface area (Å²) in [5.74, 6) is 0.977. The zero-order chi connectivity index (χ0) is 38.6. The van der Waals surface area contributed by atoms with E-state index in [0.717, 1.165) is 5.56 Å². The second-order valence-corrected chi connectivity index (χ2v) is 13.4. The van der Waals surface area contributed by atoms with Gasteiger partial charge < -0.3 is 30.6 Å². The molecule has 0 aliphatic carbocycles. The number of hydrogen-bond donors (Lipinski definition) is 3. The number of carbonyl (C=O) groups is 3. The molecule has 4 N–H and O–H groups in total. The van der Waals surface area contributed by atoms with Crippen LogP contribution in [0.25, 0.3) is 0 Å². The molecule has 0 aromatic heterocycles. The molecule has 0 heterocycles. The Morgan fingerprint density at radius 1 is 0.962 bits per heavy atom. The van der Waals surface area contributed by atoms with E-state index in [9.17, 15) is 14.4 Å². The Kier molecular flexibility index (Phi) is 15.2. The van der Waals surface area contributed by atoms with Gasteiger partial charge in [-0.05, 0) is 100 Å². The Morgan fingerprint density at radius 2 is 1.63 bits per heavy atom. The van der Waals surface area contributed by atoms with Crippen molar-refractivity contribution in [2.24, 2.45) is 0 Å². The molecule has 13 heteroatoms. The molecule has 0 fully saturated rings. The first-order valence-corrected chi connectivity index (χ1v) is 17.1. The van der Waals surface area contributed by atoms with Gasteiger partial charge in [-0.2, -0.15) is 0 Å². The molecule has 4 aromatic carbocycles. The number of aryl methyl sites for hydroxylation is 1. The smallest absolute Gasteiger partial charge is 0.342 e. The third-order valence-corrected chi connectivity index (χ3v) is 8.28. The van der Waals surface area contributed by atoms with Crippen molar-refractivity contribution in [1.82, 2.24) is 5.32 Å². The summed E-state index contributed by atoms with van der Waals surface area (Å²) >= 11 is 18.7. The van der Waals surface area contributed by atoms with Crippen molar-refractivity contribution >= 4 is 75.3 Å². The van der Waals surface area contributed by atoms with Gasteiger partial charge in [-0.25, -0.2) is 4.79 Å². The van der Waals surface area contributed by atoms with E-state index in [1.807, 2.05) is 40.7 Å². The summed E-state index contributed by atoms with van der Waals surface area (Å²) in [6.07, 6.45) is 5.42. The monoisotopic (exact) mass is 766 g/mol. The van der Waals surface area contributed by atoms with E-state index in [1.54, 1.807) is 66.7 Å². The van der Waals surface area contributed by atoms with Crippen molar-refractivity contribution in [2.75, 3.05) is 36.5 Å². The van der Waals surface area contributed by atoms with Gasteiger partial charge in [0.25, 0.3) is 0 Å². The van der Waals surface area contributed by atoms with Crippen LogP contribution in [0.1, 0.15) is 55.2 Å². The summed E-state index contributed by atoms with van der Waals surface area (Å²) in [5, 5.41) is 7.29.